The van der Waals surface area contributed by atoms with Crippen molar-refractivity contribution in [3.63, 3.8) is 0 Å². The molecule has 0 unspecified atom stereocenters. The third-order valence-corrected chi connectivity index (χ3v) is 2.05. The lowest BCUT2D eigenvalue weighted by Gasteiger charge is -2.19. The molecule has 0 aliphatic heterocycles. The van der Waals surface area contributed by atoms with E-state index in [-0.39, 0.29) is 11.6 Å². The molecule has 0 saturated heterocycles. The first-order chi connectivity index (χ1) is 7.97. The van der Waals surface area contributed by atoms with E-state index >= 15 is 0 Å². The van der Waals surface area contributed by atoms with E-state index in [2.05, 4.69) is 0 Å². The van der Waals surface area contributed by atoms with Crippen LogP contribution in [-0.4, -0.2) is 11.6 Å². The monoisotopic (exact) mass is 232 g/mol. The zero-order chi connectivity index (χ0) is 12.7. The van der Waals surface area contributed by atoms with Crippen LogP contribution in [0, 0.1) is 0 Å². The molecule has 1 rings (SSSR count). The molecule has 0 aliphatic carbocycles. The normalized spacial score (nSPS) is 11.7. The second-order valence-electron chi connectivity index (χ2n) is 4.94. The summed E-state index contributed by atoms with van der Waals surface area (Å²) in [5.74, 6) is -0.143. The molecule has 0 aliphatic rings. The van der Waals surface area contributed by atoms with Crippen molar-refractivity contribution in [1.29, 1.82) is 0 Å². The second kappa shape index (κ2) is 6.24. The number of benzene rings is 1. The van der Waals surface area contributed by atoms with Crippen LogP contribution in [0.3, 0.4) is 0 Å². The van der Waals surface area contributed by atoms with Crippen molar-refractivity contribution in [3.05, 3.63) is 42.0 Å². The SMILES string of the molecule is CC(C)(C)OC(=O)CCC=Cc1ccccc1. The van der Waals surface area contributed by atoms with Crippen LogP contribution < -0.4 is 0 Å². The van der Waals surface area contributed by atoms with Gasteiger partial charge in [-0.15, -0.1) is 0 Å². The fourth-order valence-corrected chi connectivity index (χ4v) is 1.38. The minimum atomic E-state index is -0.389. The first-order valence-corrected chi connectivity index (χ1v) is 5.91. The summed E-state index contributed by atoms with van der Waals surface area (Å²) in [6, 6.07) is 10.0. The van der Waals surface area contributed by atoms with Crippen LogP contribution in [0.25, 0.3) is 6.08 Å². The predicted molar refractivity (Wildman–Crippen MR) is 70.6 cm³/mol. The Balaban J connectivity index is 2.29. The summed E-state index contributed by atoms with van der Waals surface area (Å²) >= 11 is 0. The fraction of sp³-hybridized carbons (Fsp3) is 0.400. The summed E-state index contributed by atoms with van der Waals surface area (Å²) in [6.45, 7) is 5.64. The van der Waals surface area contributed by atoms with Crippen LogP contribution in [0.15, 0.2) is 36.4 Å². The van der Waals surface area contributed by atoms with Crippen molar-refractivity contribution in [1.82, 2.24) is 0 Å². The van der Waals surface area contributed by atoms with Crippen LogP contribution in [0.4, 0.5) is 0 Å². The number of ether oxygens (including phenoxy) is 1. The highest BCUT2D eigenvalue weighted by atomic mass is 16.6. The van der Waals surface area contributed by atoms with Gasteiger partial charge in [-0.1, -0.05) is 42.5 Å². The quantitative estimate of drug-likeness (QED) is 0.738. The summed E-state index contributed by atoms with van der Waals surface area (Å²) in [5, 5.41) is 0. The summed E-state index contributed by atoms with van der Waals surface area (Å²) in [6.07, 6.45) is 5.16. The number of allylic oxidation sites excluding steroid dienone is 1. The highest BCUT2D eigenvalue weighted by Gasteiger charge is 2.14. The average Bonchev–Trinajstić information content (AvgIpc) is 2.23. The van der Waals surface area contributed by atoms with Crippen LogP contribution in [-0.2, 0) is 9.53 Å². The second-order valence-corrected chi connectivity index (χ2v) is 4.94. The maximum absolute atomic E-state index is 11.4. The molecule has 0 bridgehead atoms. The molecular formula is C15H20O2. The smallest absolute Gasteiger partial charge is 0.306 e. The van der Waals surface area contributed by atoms with Gasteiger partial charge >= 0.3 is 5.97 Å². The Labute approximate surface area is 103 Å². The Bertz CT molecular complexity index is 372. The summed E-state index contributed by atoms with van der Waals surface area (Å²) in [5.41, 5.74) is 0.761. The maximum atomic E-state index is 11.4. The van der Waals surface area contributed by atoms with Crippen molar-refractivity contribution in [2.75, 3.05) is 0 Å². The molecule has 0 fully saturated rings. The topological polar surface area (TPSA) is 26.3 Å². The molecule has 2 nitrogen and oxygen atoms in total. The van der Waals surface area contributed by atoms with Gasteiger partial charge in [-0.2, -0.15) is 0 Å². The molecule has 0 radical (unpaired) electrons. The van der Waals surface area contributed by atoms with Gasteiger partial charge in [0.1, 0.15) is 5.60 Å². The molecule has 17 heavy (non-hydrogen) atoms. The molecule has 0 heterocycles. The lowest BCUT2D eigenvalue weighted by molar-refractivity contribution is -0.154. The van der Waals surface area contributed by atoms with E-state index in [0.717, 1.165) is 5.56 Å². The minimum Gasteiger partial charge on any atom is -0.460 e. The van der Waals surface area contributed by atoms with Gasteiger partial charge in [-0.25, -0.2) is 0 Å². The Hall–Kier alpha value is -1.57. The molecule has 2 heteroatoms. The highest BCUT2D eigenvalue weighted by molar-refractivity contribution is 5.70. The number of hydrogen-bond acceptors (Lipinski definition) is 2. The van der Waals surface area contributed by atoms with Gasteiger partial charge in [0, 0.05) is 6.42 Å². The number of carbonyl (C=O) groups excluding carboxylic acids is 1. The van der Waals surface area contributed by atoms with Crippen molar-refractivity contribution >= 4 is 12.0 Å². The fourth-order valence-electron chi connectivity index (χ4n) is 1.38. The van der Waals surface area contributed by atoms with Gasteiger partial charge < -0.3 is 4.74 Å². The summed E-state index contributed by atoms with van der Waals surface area (Å²) in [7, 11) is 0. The largest absolute Gasteiger partial charge is 0.460 e. The highest BCUT2D eigenvalue weighted by Crippen LogP contribution is 2.10. The molecule has 1 aromatic carbocycles. The van der Waals surface area contributed by atoms with Crippen molar-refractivity contribution < 1.29 is 9.53 Å². The predicted octanol–water partition coefficient (Wildman–Crippen LogP) is 3.82. The molecular weight excluding hydrogens is 212 g/mol. The Morgan fingerprint density at radius 1 is 1.24 bits per heavy atom. The lowest BCUT2D eigenvalue weighted by Crippen LogP contribution is -2.23. The van der Waals surface area contributed by atoms with Gasteiger partial charge in [0.25, 0.3) is 0 Å². The van der Waals surface area contributed by atoms with E-state index in [1.165, 1.54) is 0 Å². The number of hydrogen-bond donors (Lipinski definition) is 0. The zero-order valence-corrected chi connectivity index (χ0v) is 10.8. The Morgan fingerprint density at radius 3 is 2.47 bits per heavy atom. The lowest BCUT2D eigenvalue weighted by atomic mass is 10.1. The third kappa shape index (κ3) is 6.56. The molecule has 0 N–H and O–H groups in total. The van der Waals surface area contributed by atoms with E-state index < -0.39 is 0 Å². The van der Waals surface area contributed by atoms with Crippen molar-refractivity contribution in [2.45, 2.75) is 39.2 Å². The molecule has 0 saturated carbocycles. The van der Waals surface area contributed by atoms with Crippen LogP contribution in [0.5, 0.6) is 0 Å². The van der Waals surface area contributed by atoms with Gasteiger partial charge in [0.05, 0.1) is 0 Å². The standard InChI is InChI=1S/C15H20O2/c1-15(2,3)17-14(16)12-8-7-11-13-9-5-4-6-10-13/h4-7,9-11H,8,12H2,1-3H3. The average molecular weight is 232 g/mol. The Morgan fingerprint density at radius 2 is 1.88 bits per heavy atom. The van der Waals surface area contributed by atoms with Gasteiger partial charge in [-0.05, 0) is 32.8 Å². The van der Waals surface area contributed by atoms with Gasteiger partial charge in [0.2, 0.25) is 0 Å². The number of rotatable bonds is 4. The maximum Gasteiger partial charge on any atom is 0.306 e. The van der Waals surface area contributed by atoms with Crippen LogP contribution in [0.1, 0.15) is 39.2 Å². The van der Waals surface area contributed by atoms with E-state index in [1.54, 1.807) is 0 Å². The first kappa shape index (κ1) is 13.5. The van der Waals surface area contributed by atoms with Crippen molar-refractivity contribution in [2.24, 2.45) is 0 Å². The minimum absolute atomic E-state index is 0.143. The Kier molecular flexibility index (Phi) is 4.95. The van der Waals surface area contributed by atoms with E-state index in [0.29, 0.717) is 12.8 Å². The first-order valence-electron chi connectivity index (χ1n) is 5.91. The number of esters is 1. The van der Waals surface area contributed by atoms with Crippen molar-refractivity contribution in [3.8, 4) is 0 Å². The summed E-state index contributed by atoms with van der Waals surface area (Å²) < 4.78 is 5.22. The molecule has 92 valence electrons. The van der Waals surface area contributed by atoms with Gasteiger partial charge in [0.15, 0.2) is 0 Å². The zero-order valence-electron chi connectivity index (χ0n) is 10.8. The van der Waals surface area contributed by atoms with E-state index in [1.807, 2.05) is 63.3 Å². The molecule has 1 aromatic rings. The summed E-state index contributed by atoms with van der Waals surface area (Å²) in [4.78, 5) is 11.4. The molecule has 0 aromatic heterocycles. The van der Waals surface area contributed by atoms with Crippen LogP contribution in [0.2, 0.25) is 0 Å². The molecule has 0 amide bonds. The number of carbonyl (C=O) groups is 1. The van der Waals surface area contributed by atoms with Crippen LogP contribution >= 0.6 is 0 Å². The third-order valence-electron chi connectivity index (χ3n) is 2.05. The van der Waals surface area contributed by atoms with E-state index in [9.17, 15) is 4.79 Å². The van der Waals surface area contributed by atoms with Gasteiger partial charge in [-0.3, -0.25) is 4.79 Å². The molecule has 0 spiro atoms. The molecule has 0 atom stereocenters. The van der Waals surface area contributed by atoms with E-state index in [4.69, 9.17) is 4.74 Å².